The van der Waals surface area contributed by atoms with Crippen LogP contribution in [-0.4, -0.2) is 41.6 Å². The van der Waals surface area contributed by atoms with Crippen LogP contribution in [0.3, 0.4) is 0 Å². The highest BCUT2D eigenvalue weighted by Crippen LogP contribution is 2.41. The average Bonchev–Trinajstić information content (AvgIpc) is 3.22. The maximum Gasteiger partial charge on any atom is 0.325 e. The highest BCUT2D eigenvalue weighted by molar-refractivity contribution is 7.99. The molecule has 2 aromatic rings. The van der Waals surface area contributed by atoms with Crippen LogP contribution in [0.1, 0.15) is 24.0 Å². The number of thioether (sulfide) groups is 1. The van der Waals surface area contributed by atoms with Crippen molar-refractivity contribution >= 4 is 29.6 Å². The fourth-order valence-corrected chi connectivity index (χ4v) is 4.81. The zero-order valence-electron chi connectivity index (χ0n) is 16.0. The Kier molecular flexibility index (Phi) is 5.58. The Hall–Kier alpha value is -2.80. The quantitative estimate of drug-likeness (QED) is 0.419. The van der Waals surface area contributed by atoms with Gasteiger partial charge in [-0.2, -0.15) is 0 Å². The fourth-order valence-electron chi connectivity index (χ4n) is 3.94. The van der Waals surface area contributed by atoms with Crippen LogP contribution in [0.2, 0.25) is 0 Å². The maximum atomic E-state index is 13.0. The monoisotopic (exact) mass is 409 g/mol. The van der Waals surface area contributed by atoms with E-state index in [0.29, 0.717) is 13.0 Å². The van der Waals surface area contributed by atoms with Crippen LogP contribution in [0.4, 0.5) is 4.79 Å². The van der Waals surface area contributed by atoms with Crippen molar-refractivity contribution in [2.75, 3.05) is 18.8 Å². The minimum absolute atomic E-state index is 0.250. The smallest absolute Gasteiger partial charge is 0.325 e. The Morgan fingerprint density at radius 3 is 2.69 bits per heavy atom. The van der Waals surface area contributed by atoms with E-state index in [1.807, 2.05) is 42.5 Å². The largest absolute Gasteiger partial charge is 0.355 e. The Morgan fingerprint density at radius 1 is 1.10 bits per heavy atom. The lowest BCUT2D eigenvalue weighted by atomic mass is 9.92. The number of amides is 4. The van der Waals surface area contributed by atoms with Gasteiger partial charge in [0.1, 0.15) is 12.1 Å². The van der Waals surface area contributed by atoms with Crippen molar-refractivity contribution in [3.05, 3.63) is 65.7 Å². The van der Waals surface area contributed by atoms with Crippen LogP contribution in [0, 0.1) is 0 Å². The Balaban J connectivity index is 1.28. The molecule has 1 spiro atoms. The number of hydrogen-bond acceptors (Lipinski definition) is 4. The summed E-state index contributed by atoms with van der Waals surface area (Å²) in [6.07, 6.45) is 2.08. The lowest BCUT2D eigenvalue weighted by Crippen LogP contribution is -2.44. The van der Waals surface area contributed by atoms with E-state index < -0.39 is 11.6 Å². The number of aryl methyl sites for hydroxylation is 1. The van der Waals surface area contributed by atoms with Crippen LogP contribution >= 0.6 is 11.8 Å². The molecule has 2 aliphatic rings. The summed E-state index contributed by atoms with van der Waals surface area (Å²) in [4.78, 5) is 40.0. The Bertz CT molecular complexity index is 934. The van der Waals surface area contributed by atoms with Gasteiger partial charge in [0.05, 0.1) is 0 Å². The fraction of sp³-hybridized carbons (Fsp3) is 0.318. The molecular formula is C22H23N3O3S. The van der Waals surface area contributed by atoms with E-state index in [9.17, 15) is 14.4 Å². The number of nitrogens with one attached hydrogen (secondary N) is 2. The summed E-state index contributed by atoms with van der Waals surface area (Å²) in [7, 11) is 0. The molecule has 1 atom stereocenters. The number of nitrogens with zero attached hydrogens (tertiary/aromatic N) is 1. The molecule has 0 bridgehead atoms. The van der Waals surface area contributed by atoms with Gasteiger partial charge in [-0.25, -0.2) is 4.79 Å². The predicted molar refractivity (Wildman–Crippen MR) is 111 cm³/mol. The second-order valence-corrected chi connectivity index (χ2v) is 8.42. The molecule has 2 aromatic carbocycles. The van der Waals surface area contributed by atoms with Gasteiger partial charge in [-0.15, -0.1) is 11.8 Å². The van der Waals surface area contributed by atoms with E-state index in [4.69, 9.17) is 0 Å². The summed E-state index contributed by atoms with van der Waals surface area (Å²) in [6.45, 7) is 0.261. The number of carbonyl (C=O) groups excluding carboxylic acids is 3. The van der Waals surface area contributed by atoms with Crippen LogP contribution in [0.25, 0.3) is 0 Å². The van der Waals surface area contributed by atoms with E-state index in [-0.39, 0.29) is 18.4 Å². The molecule has 6 nitrogen and oxygen atoms in total. The predicted octanol–water partition coefficient (Wildman–Crippen LogP) is 2.68. The van der Waals surface area contributed by atoms with Crippen molar-refractivity contribution in [2.45, 2.75) is 29.7 Å². The van der Waals surface area contributed by atoms with Gasteiger partial charge in [0, 0.05) is 11.4 Å². The van der Waals surface area contributed by atoms with Gasteiger partial charge in [0.25, 0.3) is 5.91 Å². The number of carbonyl (C=O) groups is 3. The van der Waals surface area contributed by atoms with E-state index in [2.05, 4.69) is 22.8 Å². The molecule has 150 valence electrons. The molecule has 2 N–H and O–H groups in total. The zero-order chi connectivity index (χ0) is 20.3. The second kappa shape index (κ2) is 8.29. The first-order valence-corrected chi connectivity index (χ1v) is 10.8. The van der Waals surface area contributed by atoms with Gasteiger partial charge in [-0.05, 0) is 48.3 Å². The molecule has 4 rings (SSSR count). The van der Waals surface area contributed by atoms with Crippen molar-refractivity contribution in [2.24, 2.45) is 0 Å². The first-order valence-electron chi connectivity index (χ1n) is 9.77. The molecule has 1 fully saturated rings. The third-order valence-corrected chi connectivity index (χ3v) is 6.48. The molecule has 1 aliphatic carbocycles. The normalized spacial score (nSPS) is 20.1. The zero-order valence-corrected chi connectivity index (χ0v) is 16.8. The standard InChI is InChI=1S/C22H23N3O3S/c26-19(23-13-6-14-29-17-8-2-1-3-9-17)15-25-20(27)22(24-21(25)28)12-11-16-7-4-5-10-18(16)22/h1-5,7-10H,6,11-15H2,(H,23,26)(H,24,28). The number of imide groups is 1. The van der Waals surface area contributed by atoms with Crippen molar-refractivity contribution in [1.82, 2.24) is 15.5 Å². The Morgan fingerprint density at radius 2 is 1.86 bits per heavy atom. The van der Waals surface area contributed by atoms with Gasteiger partial charge in [0.15, 0.2) is 0 Å². The van der Waals surface area contributed by atoms with Gasteiger partial charge in [0.2, 0.25) is 5.91 Å². The van der Waals surface area contributed by atoms with Crippen molar-refractivity contribution in [3.8, 4) is 0 Å². The number of benzene rings is 2. The number of hydrogen-bond donors (Lipinski definition) is 2. The van der Waals surface area contributed by atoms with E-state index in [0.717, 1.165) is 34.6 Å². The van der Waals surface area contributed by atoms with Gasteiger partial charge in [-0.1, -0.05) is 42.5 Å². The summed E-state index contributed by atoms with van der Waals surface area (Å²) in [5.41, 5.74) is 0.905. The minimum atomic E-state index is -1.01. The third-order valence-electron chi connectivity index (χ3n) is 5.38. The molecule has 29 heavy (non-hydrogen) atoms. The van der Waals surface area contributed by atoms with Crippen molar-refractivity contribution < 1.29 is 14.4 Å². The summed E-state index contributed by atoms with van der Waals surface area (Å²) in [5, 5.41) is 5.65. The van der Waals surface area contributed by atoms with E-state index in [1.54, 1.807) is 11.8 Å². The SMILES string of the molecule is O=C(CN1C(=O)NC2(CCc3ccccc32)C1=O)NCCCSc1ccccc1. The lowest BCUT2D eigenvalue weighted by Gasteiger charge is -2.22. The van der Waals surface area contributed by atoms with Gasteiger partial charge in [-0.3, -0.25) is 14.5 Å². The molecule has 0 radical (unpaired) electrons. The lowest BCUT2D eigenvalue weighted by molar-refractivity contribution is -0.135. The molecule has 1 heterocycles. The topological polar surface area (TPSA) is 78.5 Å². The molecule has 4 amide bonds. The van der Waals surface area contributed by atoms with Crippen LogP contribution < -0.4 is 10.6 Å². The van der Waals surface area contributed by atoms with Crippen LogP contribution in [0.5, 0.6) is 0 Å². The molecule has 7 heteroatoms. The molecular weight excluding hydrogens is 386 g/mol. The Labute approximate surface area is 174 Å². The minimum Gasteiger partial charge on any atom is -0.355 e. The summed E-state index contributed by atoms with van der Waals surface area (Å²) < 4.78 is 0. The molecule has 1 saturated heterocycles. The highest BCUT2D eigenvalue weighted by atomic mass is 32.2. The molecule has 1 unspecified atom stereocenters. The molecule has 1 aliphatic heterocycles. The van der Waals surface area contributed by atoms with E-state index in [1.165, 1.54) is 4.90 Å². The highest BCUT2D eigenvalue weighted by Gasteiger charge is 2.55. The summed E-state index contributed by atoms with van der Waals surface area (Å²) in [5.74, 6) is 0.233. The maximum absolute atomic E-state index is 13.0. The van der Waals surface area contributed by atoms with Gasteiger partial charge < -0.3 is 10.6 Å². The van der Waals surface area contributed by atoms with Crippen LogP contribution in [-0.2, 0) is 21.5 Å². The van der Waals surface area contributed by atoms with E-state index >= 15 is 0 Å². The third kappa shape index (κ3) is 3.87. The number of urea groups is 1. The summed E-state index contributed by atoms with van der Waals surface area (Å²) >= 11 is 1.73. The molecule has 0 aromatic heterocycles. The number of rotatable bonds is 7. The first-order chi connectivity index (χ1) is 14.1. The van der Waals surface area contributed by atoms with Crippen LogP contribution in [0.15, 0.2) is 59.5 Å². The second-order valence-electron chi connectivity index (χ2n) is 7.25. The van der Waals surface area contributed by atoms with Crippen molar-refractivity contribution in [1.29, 1.82) is 0 Å². The first kappa shape index (κ1) is 19.5. The molecule has 0 saturated carbocycles. The summed E-state index contributed by atoms with van der Waals surface area (Å²) in [6, 6.07) is 17.2. The van der Waals surface area contributed by atoms with Crippen molar-refractivity contribution in [3.63, 3.8) is 0 Å². The average molecular weight is 410 g/mol. The number of fused-ring (bicyclic) bond motifs is 2. The van der Waals surface area contributed by atoms with Gasteiger partial charge >= 0.3 is 6.03 Å².